The van der Waals surface area contributed by atoms with Gasteiger partial charge in [-0.2, -0.15) is 0 Å². The molecule has 1 atom stereocenters. The highest BCUT2D eigenvalue weighted by atomic mass is 16.6. The zero-order chi connectivity index (χ0) is 17.6. The number of nitrogens with zero attached hydrogens (tertiary/aromatic N) is 4. The van der Waals surface area contributed by atoms with Gasteiger partial charge in [-0.3, -0.25) is 19.7 Å². The smallest absolute Gasteiger partial charge is 0.314 e. The van der Waals surface area contributed by atoms with Gasteiger partial charge in [0.15, 0.2) is 5.82 Å². The number of tetrazole rings is 1. The third-order valence-electron chi connectivity index (χ3n) is 4.12. The van der Waals surface area contributed by atoms with Crippen LogP contribution in [-0.2, 0) is 24.2 Å². The van der Waals surface area contributed by atoms with Crippen LogP contribution in [0.15, 0.2) is 15.7 Å². The quantitative estimate of drug-likeness (QED) is 0.317. The predicted molar refractivity (Wildman–Crippen MR) is 82.0 cm³/mol. The van der Waals surface area contributed by atoms with Crippen molar-refractivity contribution in [3.05, 3.63) is 53.8 Å². The Bertz CT molecular complexity index is 1080. The van der Waals surface area contributed by atoms with Crippen LogP contribution in [0.5, 0.6) is 0 Å². The number of nitro groups is 1. The van der Waals surface area contributed by atoms with Crippen LogP contribution in [0.4, 0.5) is 5.69 Å². The second-order valence-electron chi connectivity index (χ2n) is 5.63. The van der Waals surface area contributed by atoms with Crippen molar-refractivity contribution in [2.24, 2.45) is 0 Å². The van der Waals surface area contributed by atoms with E-state index in [9.17, 15) is 19.7 Å². The van der Waals surface area contributed by atoms with Gasteiger partial charge >= 0.3 is 11.1 Å². The first kappa shape index (κ1) is 15.1. The number of H-pyrrole nitrogens is 3. The standard InChI is InChI=1S/C13H11N7O5/c21-12-13(22)15-11-7-2-5(25-4-10-16-18-19-17-10)1-6(7)9(20(23)24)3-8(11)14-12/h3,5H,1-2,4H2,(H,14,21)(H,15,22)(H,16,17,18,19). The van der Waals surface area contributed by atoms with Gasteiger partial charge in [0.2, 0.25) is 0 Å². The van der Waals surface area contributed by atoms with Crippen LogP contribution in [0.3, 0.4) is 0 Å². The lowest BCUT2D eigenvalue weighted by molar-refractivity contribution is -0.385. The number of aromatic amines is 3. The van der Waals surface area contributed by atoms with E-state index < -0.39 is 16.0 Å². The second-order valence-corrected chi connectivity index (χ2v) is 5.63. The fraction of sp³-hybridized carbons (Fsp3) is 0.308. The molecule has 1 aliphatic carbocycles. The Morgan fingerprint density at radius 3 is 2.72 bits per heavy atom. The minimum Gasteiger partial charge on any atom is -0.369 e. The first-order chi connectivity index (χ1) is 12.0. The molecule has 12 heteroatoms. The molecule has 25 heavy (non-hydrogen) atoms. The maximum atomic E-state index is 11.6. The fourth-order valence-corrected chi connectivity index (χ4v) is 3.05. The topological polar surface area (TPSA) is 173 Å². The Labute approximate surface area is 137 Å². The second kappa shape index (κ2) is 5.59. The highest BCUT2D eigenvalue weighted by Crippen LogP contribution is 2.36. The first-order valence-corrected chi connectivity index (χ1v) is 7.32. The predicted octanol–water partition coefficient (Wildman–Crippen LogP) is -0.678. The summed E-state index contributed by atoms with van der Waals surface area (Å²) in [6, 6.07) is 1.26. The highest BCUT2D eigenvalue weighted by molar-refractivity contribution is 5.83. The number of fused-ring (bicyclic) bond motifs is 3. The van der Waals surface area contributed by atoms with E-state index >= 15 is 0 Å². The van der Waals surface area contributed by atoms with Crippen LogP contribution in [0.25, 0.3) is 11.0 Å². The van der Waals surface area contributed by atoms with Gasteiger partial charge in [-0.1, -0.05) is 0 Å². The van der Waals surface area contributed by atoms with Crippen molar-refractivity contribution >= 4 is 16.7 Å². The molecule has 0 amide bonds. The van der Waals surface area contributed by atoms with E-state index in [1.807, 2.05) is 0 Å². The van der Waals surface area contributed by atoms with Crippen LogP contribution in [0.1, 0.15) is 17.0 Å². The average Bonchev–Trinajstić information content (AvgIpc) is 3.22. The largest absolute Gasteiger partial charge is 0.369 e. The molecule has 0 spiro atoms. The van der Waals surface area contributed by atoms with Gasteiger partial charge in [0.1, 0.15) is 6.61 Å². The molecule has 4 rings (SSSR count). The fourth-order valence-electron chi connectivity index (χ4n) is 3.05. The number of ether oxygens (including phenoxy) is 1. The van der Waals surface area contributed by atoms with Crippen molar-refractivity contribution in [3.8, 4) is 0 Å². The van der Waals surface area contributed by atoms with Crippen LogP contribution in [0, 0.1) is 10.1 Å². The van der Waals surface area contributed by atoms with Crippen LogP contribution in [0.2, 0.25) is 0 Å². The molecule has 0 fully saturated rings. The molecule has 0 bridgehead atoms. The van der Waals surface area contributed by atoms with E-state index in [0.717, 1.165) is 0 Å². The lowest BCUT2D eigenvalue weighted by atomic mass is 10.1. The molecule has 12 nitrogen and oxygen atoms in total. The summed E-state index contributed by atoms with van der Waals surface area (Å²) in [5.74, 6) is 0.438. The van der Waals surface area contributed by atoms with Gasteiger partial charge in [0.25, 0.3) is 5.69 Å². The Morgan fingerprint density at radius 1 is 1.24 bits per heavy atom. The number of hydrogen-bond acceptors (Lipinski definition) is 8. The van der Waals surface area contributed by atoms with Crippen molar-refractivity contribution in [2.45, 2.75) is 25.6 Å². The molecule has 1 unspecified atom stereocenters. The van der Waals surface area contributed by atoms with E-state index in [1.165, 1.54) is 6.07 Å². The van der Waals surface area contributed by atoms with Crippen molar-refractivity contribution < 1.29 is 9.66 Å². The molecule has 0 radical (unpaired) electrons. The van der Waals surface area contributed by atoms with Gasteiger partial charge in [0, 0.05) is 24.5 Å². The van der Waals surface area contributed by atoms with Crippen LogP contribution in [-0.4, -0.2) is 41.6 Å². The Morgan fingerprint density at radius 2 is 2.00 bits per heavy atom. The number of nitrogens with one attached hydrogen (secondary N) is 3. The van der Waals surface area contributed by atoms with E-state index in [1.54, 1.807) is 0 Å². The van der Waals surface area contributed by atoms with Crippen LogP contribution < -0.4 is 11.1 Å². The molecule has 2 aromatic heterocycles. The minimum atomic E-state index is -0.856. The van der Waals surface area contributed by atoms with Crippen molar-refractivity contribution in [2.75, 3.05) is 0 Å². The van der Waals surface area contributed by atoms with E-state index in [-0.39, 0.29) is 23.9 Å². The van der Waals surface area contributed by atoms with Gasteiger partial charge in [-0.05, 0) is 16.0 Å². The first-order valence-electron chi connectivity index (χ1n) is 7.32. The maximum Gasteiger partial charge on any atom is 0.314 e. The van der Waals surface area contributed by atoms with Gasteiger partial charge in [0.05, 0.1) is 22.1 Å². The molecule has 0 saturated heterocycles. The van der Waals surface area contributed by atoms with Gasteiger partial charge < -0.3 is 14.7 Å². The molecular weight excluding hydrogens is 334 g/mol. The summed E-state index contributed by atoms with van der Waals surface area (Å²) in [4.78, 5) is 38.9. The molecule has 1 aromatic carbocycles. The van der Waals surface area contributed by atoms with E-state index in [2.05, 4.69) is 30.6 Å². The molecule has 0 saturated carbocycles. The molecule has 3 N–H and O–H groups in total. The summed E-state index contributed by atoms with van der Waals surface area (Å²) in [7, 11) is 0. The molecule has 0 aliphatic heterocycles. The summed E-state index contributed by atoms with van der Waals surface area (Å²) in [6.07, 6.45) is 0.335. The number of hydrogen-bond donors (Lipinski definition) is 3. The number of rotatable bonds is 4. The van der Waals surface area contributed by atoms with Crippen molar-refractivity contribution in [1.82, 2.24) is 30.6 Å². The lowest BCUT2D eigenvalue weighted by Gasteiger charge is -2.08. The third-order valence-corrected chi connectivity index (χ3v) is 4.12. The summed E-state index contributed by atoms with van der Waals surface area (Å²) in [6.45, 7) is 0.130. The van der Waals surface area contributed by atoms with Gasteiger partial charge in [-0.25, -0.2) is 5.10 Å². The zero-order valence-electron chi connectivity index (χ0n) is 12.6. The number of aromatic nitrogens is 6. The van der Waals surface area contributed by atoms with Crippen molar-refractivity contribution in [3.63, 3.8) is 0 Å². The molecule has 128 valence electrons. The summed E-state index contributed by atoms with van der Waals surface area (Å²) >= 11 is 0. The van der Waals surface area contributed by atoms with E-state index in [4.69, 9.17) is 4.74 Å². The maximum absolute atomic E-state index is 11.6. The Hall–Kier alpha value is -3.41. The van der Waals surface area contributed by atoms with E-state index in [0.29, 0.717) is 35.3 Å². The zero-order valence-corrected chi connectivity index (χ0v) is 12.6. The summed E-state index contributed by atoms with van der Waals surface area (Å²) in [5.41, 5.74) is -0.0874. The number of benzene rings is 1. The monoisotopic (exact) mass is 345 g/mol. The Kier molecular flexibility index (Phi) is 3.39. The summed E-state index contributed by atoms with van der Waals surface area (Å²) < 4.78 is 5.71. The molecular formula is C13H11N7O5. The van der Waals surface area contributed by atoms with Crippen molar-refractivity contribution in [1.29, 1.82) is 0 Å². The SMILES string of the molecule is O=c1[nH]c2cc([N+](=O)[O-])c3c(c2[nH]c1=O)CC(OCc1nnn[nH]1)C3. The van der Waals surface area contributed by atoms with Crippen LogP contribution >= 0.6 is 0 Å². The lowest BCUT2D eigenvalue weighted by Crippen LogP contribution is -2.29. The minimum absolute atomic E-state index is 0.113. The molecule has 2 heterocycles. The third kappa shape index (κ3) is 2.57. The van der Waals surface area contributed by atoms with Gasteiger partial charge in [-0.15, -0.1) is 5.10 Å². The summed E-state index contributed by atoms with van der Waals surface area (Å²) in [5, 5.41) is 24.5. The number of nitro benzene ring substituents is 1. The highest BCUT2D eigenvalue weighted by Gasteiger charge is 2.32. The molecule has 3 aromatic rings. The average molecular weight is 345 g/mol. The Balaban J connectivity index is 1.75. The normalized spacial score (nSPS) is 16.2. The molecule has 1 aliphatic rings.